The minimum atomic E-state index is 0.662. The van der Waals surface area contributed by atoms with Crippen LogP contribution < -0.4 is 5.32 Å². The zero-order valence-electron chi connectivity index (χ0n) is 10.8. The molecule has 0 unspecified atom stereocenters. The van der Waals surface area contributed by atoms with Gasteiger partial charge in [-0.1, -0.05) is 11.3 Å². The Morgan fingerprint density at radius 2 is 1.94 bits per heavy atom. The van der Waals surface area contributed by atoms with E-state index < -0.39 is 0 Å². The molecule has 0 aromatic carbocycles. The average molecular weight is 255 g/mol. The zero-order valence-corrected chi connectivity index (χ0v) is 11.6. The topological polar surface area (TPSA) is 44.3 Å². The van der Waals surface area contributed by atoms with Crippen LogP contribution in [0.5, 0.6) is 0 Å². The van der Waals surface area contributed by atoms with Gasteiger partial charge in [0.15, 0.2) is 0 Å². The van der Waals surface area contributed by atoms with Crippen molar-refractivity contribution in [3.63, 3.8) is 0 Å². The third kappa shape index (κ3) is 3.37. The first-order chi connectivity index (χ1) is 8.19. The van der Waals surface area contributed by atoms with E-state index in [4.69, 9.17) is 0 Å². The molecule has 1 aromatic heterocycles. The van der Waals surface area contributed by atoms with Gasteiger partial charge in [-0.3, -0.25) is 9.80 Å². The van der Waals surface area contributed by atoms with Crippen LogP contribution in [0.4, 0.5) is 5.13 Å². The van der Waals surface area contributed by atoms with E-state index in [-0.39, 0.29) is 0 Å². The van der Waals surface area contributed by atoms with Crippen LogP contribution in [0.1, 0.15) is 18.9 Å². The van der Waals surface area contributed by atoms with E-state index in [1.54, 1.807) is 11.3 Å². The first-order valence-electron chi connectivity index (χ1n) is 6.15. The molecule has 0 aliphatic carbocycles. The van der Waals surface area contributed by atoms with Gasteiger partial charge in [0, 0.05) is 39.3 Å². The first-order valence-corrected chi connectivity index (χ1v) is 6.97. The summed E-state index contributed by atoms with van der Waals surface area (Å²) in [4.78, 5) is 4.98. The van der Waals surface area contributed by atoms with Gasteiger partial charge < -0.3 is 5.32 Å². The van der Waals surface area contributed by atoms with Gasteiger partial charge in [-0.15, -0.1) is 10.2 Å². The summed E-state index contributed by atoms with van der Waals surface area (Å²) < 4.78 is 0. The summed E-state index contributed by atoms with van der Waals surface area (Å²) in [5.74, 6) is 0. The quantitative estimate of drug-likeness (QED) is 0.873. The molecule has 1 aromatic rings. The van der Waals surface area contributed by atoms with Gasteiger partial charge in [-0.25, -0.2) is 0 Å². The lowest BCUT2D eigenvalue weighted by Gasteiger charge is -2.36. The molecule has 0 saturated carbocycles. The second kappa shape index (κ2) is 5.75. The van der Waals surface area contributed by atoms with Gasteiger partial charge in [0.05, 0.1) is 6.54 Å². The maximum Gasteiger partial charge on any atom is 0.205 e. The molecular formula is C11H21N5S. The maximum atomic E-state index is 4.19. The molecule has 2 rings (SSSR count). The molecule has 1 aliphatic rings. The highest BCUT2D eigenvalue weighted by molar-refractivity contribution is 7.15. The number of rotatable bonds is 4. The minimum Gasteiger partial charge on any atom is -0.363 e. The normalized spacial score (nSPS) is 18.8. The van der Waals surface area contributed by atoms with Gasteiger partial charge in [0.2, 0.25) is 5.13 Å². The molecule has 96 valence electrons. The van der Waals surface area contributed by atoms with Crippen molar-refractivity contribution in [2.45, 2.75) is 26.4 Å². The molecule has 6 heteroatoms. The molecule has 5 nitrogen and oxygen atoms in total. The van der Waals surface area contributed by atoms with Gasteiger partial charge >= 0.3 is 0 Å². The van der Waals surface area contributed by atoms with Crippen molar-refractivity contribution >= 4 is 16.5 Å². The molecule has 2 heterocycles. The van der Waals surface area contributed by atoms with E-state index >= 15 is 0 Å². The summed E-state index contributed by atoms with van der Waals surface area (Å²) >= 11 is 1.65. The van der Waals surface area contributed by atoms with Gasteiger partial charge in [0.25, 0.3) is 0 Å². The average Bonchev–Trinajstić information content (AvgIpc) is 2.77. The minimum absolute atomic E-state index is 0.662. The summed E-state index contributed by atoms with van der Waals surface area (Å²) in [6.07, 6.45) is 0. The highest BCUT2D eigenvalue weighted by Gasteiger charge is 2.19. The monoisotopic (exact) mass is 255 g/mol. The van der Waals surface area contributed by atoms with E-state index in [9.17, 15) is 0 Å². The standard InChI is InChI=1S/C11H21N5S/c1-9(2)16-6-4-15(5-7-16)8-10-13-14-11(12-3)17-10/h9H,4-8H2,1-3H3,(H,12,14). The van der Waals surface area contributed by atoms with Crippen molar-refractivity contribution in [2.75, 3.05) is 38.5 Å². The van der Waals surface area contributed by atoms with Crippen molar-refractivity contribution in [1.82, 2.24) is 20.0 Å². The SMILES string of the molecule is CNc1nnc(CN2CCN(C(C)C)CC2)s1. The highest BCUT2D eigenvalue weighted by atomic mass is 32.1. The Hall–Kier alpha value is -0.720. The van der Waals surface area contributed by atoms with E-state index in [0.29, 0.717) is 6.04 Å². The zero-order chi connectivity index (χ0) is 12.3. The fourth-order valence-corrected chi connectivity index (χ4v) is 2.78. The van der Waals surface area contributed by atoms with Crippen LogP contribution in [0.2, 0.25) is 0 Å². The molecule has 1 N–H and O–H groups in total. The summed E-state index contributed by atoms with van der Waals surface area (Å²) in [5, 5.41) is 13.3. The van der Waals surface area contributed by atoms with Crippen LogP contribution in [-0.2, 0) is 6.54 Å². The molecule has 1 saturated heterocycles. The second-order valence-electron chi connectivity index (χ2n) is 4.66. The first kappa shape index (κ1) is 12.7. The fraction of sp³-hybridized carbons (Fsp3) is 0.818. The largest absolute Gasteiger partial charge is 0.363 e. The Bertz CT molecular complexity index is 343. The number of nitrogens with zero attached hydrogens (tertiary/aromatic N) is 4. The molecule has 1 fully saturated rings. The number of anilines is 1. The highest BCUT2D eigenvalue weighted by Crippen LogP contribution is 2.17. The third-order valence-corrected chi connectivity index (χ3v) is 4.10. The lowest BCUT2D eigenvalue weighted by atomic mass is 10.2. The van der Waals surface area contributed by atoms with E-state index in [0.717, 1.165) is 42.9 Å². The molecule has 0 atom stereocenters. The smallest absolute Gasteiger partial charge is 0.205 e. The molecule has 0 bridgehead atoms. The second-order valence-corrected chi connectivity index (χ2v) is 5.72. The van der Waals surface area contributed by atoms with Crippen molar-refractivity contribution < 1.29 is 0 Å². The Morgan fingerprint density at radius 3 is 2.47 bits per heavy atom. The Morgan fingerprint density at radius 1 is 1.24 bits per heavy atom. The number of piperazine rings is 1. The van der Waals surface area contributed by atoms with Crippen LogP contribution in [0.15, 0.2) is 0 Å². The number of nitrogens with one attached hydrogen (secondary N) is 1. The van der Waals surface area contributed by atoms with Gasteiger partial charge in [-0.2, -0.15) is 0 Å². The molecule has 0 radical (unpaired) electrons. The molecular weight excluding hydrogens is 234 g/mol. The number of hydrogen-bond donors (Lipinski definition) is 1. The van der Waals surface area contributed by atoms with Crippen LogP contribution in [0.3, 0.4) is 0 Å². The lowest BCUT2D eigenvalue weighted by Crippen LogP contribution is -2.48. The van der Waals surface area contributed by atoms with E-state index in [1.165, 1.54) is 0 Å². The van der Waals surface area contributed by atoms with Crippen LogP contribution in [0.25, 0.3) is 0 Å². The Kier molecular flexibility index (Phi) is 4.31. The maximum absolute atomic E-state index is 4.19. The van der Waals surface area contributed by atoms with Crippen molar-refractivity contribution in [3.8, 4) is 0 Å². The lowest BCUT2D eigenvalue weighted by molar-refractivity contribution is 0.104. The van der Waals surface area contributed by atoms with Gasteiger partial charge in [-0.05, 0) is 13.8 Å². The van der Waals surface area contributed by atoms with Crippen molar-refractivity contribution in [1.29, 1.82) is 0 Å². The predicted molar refractivity (Wildman–Crippen MR) is 71.4 cm³/mol. The number of aromatic nitrogens is 2. The van der Waals surface area contributed by atoms with Crippen LogP contribution in [-0.4, -0.2) is 59.3 Å². The molecule has 0 spiro atoms. The van der Waals surface area contributed by atoms with Crippen LogP contribution in [0, 0.1) is 0 Å². The molecule has 17 heavy (non-hydrogen) atoms. The molecule has 1 aliphatic heterocycles. The van der Waals surface area contributed by atoms with Crippen molar-refractivity contribution in [2.24, 2.45) is 0 Å². The summed E-state index contributed by atoms with van der Waals surface area (Å²) in [6.45, 7) is 10.1. The number of hydrogen-bond acceptors (Lipinski definition) is 6. The Labute approximate surface area is 107 Å². The summed E-state index contributed by atoms with van der Waals surface area (Å²) in [7, 11) is 1.88. The Balaban J connectivity index is 1.81. The summed E-state index contributed by atoms with van der Waals surface area (Å²) in [6, 6.07) is 0.662. The fourth-order valence-electron chi connectivity index (χ4n) is 2.05. The van der Waals surface area contributed by atoms with E-state index in [2.05, 4.69) is 39.2 Å². The predicted octanol–water partition coefficient (Wildman–Crippen LogP) is 1.11. The summed E-state index contributed by atoms with van der Waals surface area (Å²) in [5.41, 5.74) is 0. The third-order valence-electron chi connectivity index (χ3n) is 3.18. The van der Waals surface area contributed by atoms with Gasteiger partial charge in [0.1, 0.15) is 5.01 Å². The molecule has 0 amide bonds. The van der Waals surface area contributed by atoms with Crippen molar-refractivity contribution in [3.05, 3.63) is 5.01 Å². The van der Waals surface area contributed by atoms with E-state index in [1.807, 2.05) is 7.05 Å². The van der Waals surface area contributed by atoms with Crippen LogP contribution >= 0.6 is 11.3 Å².